The minimum absolute atomic E-state index is 0.360. The maximum absolute atomic E-state index is 14.3. The number of hydrogen-bond acceptors (Lipinski definition) is 6. The van der Waals surface area contributed by atoms with Crippen LogP contribution in [0.15, 0.2) is 46.5 Å². The lowest BCUT2D eigenvalue weighted by Crippen LogP contribution is -2.44. The first-order valence-corrected chi connectivity index (χ1v) is 7.90. The lowest BCUT2D eigenvalue weighted by molar-refractivity contribution is -0.181. The number of ether oxygens (including phenoxy) is 3. The fraction of sp³-hybridized carbons (Fsp3) is 0.389. The summed E-state index contributed by atoms with van der Waals surface area (Å²) in [6.45, 7) is 3.09. The fourth-order valence-corrected chi connectivity index (χ4v) is 2.76. The Morgan fingerprint density at radius 1 is 1.04 bits per heavy atom. The zero-order valence-electron chi connectivity index (χ0n) is 15.1. The molecule has 0 aromatic heterocycles. The summed E-state index contributed by atoms with van der Waals surface area (Å²) in [4.78, 5) is 28.4. The minimum Gasteiger partial charge on any atom is -0.475 e. The largest absolute Gasteiger partial charge is 0.475 e. The van der Waals surface area contributed by atoms with Gasteiger partial charge in [-0.3, -0.25) is 0 Å². The van der Waals surface area contributed by atoms with E-state index in [2.05, 4.69) is 14.5 Å². The van der Waals surface area contributed by atoms with Crippen molar-refractivity contribution in [1.29, 1.82) is 0 Å². The molecular formula is C18H18F3NO5. The SMILES string of the molecule is COC(=O)C1=C(C(=O)OC)C(c2ccccc2)(C(F)(F)F)N=C1OC(C)C. The number of alkyl halides is 3. The number of carbonyl (C=O) groups is 2. The van der Waals surface area contributed by atoms with Crippen molar-refractivity contribution in [1.82, 2.24) is 0 Å². The number of rotatable bonds is 4. The molecule has 1 aromatic carbocycles. The molecule has 1 atom stereocenters. The summed E-state index contributed by atoms with van der Waals surface area (Å²) in [5.74, 6) is -3.17. The molecule has 9 heteroatoms. The summed E-state index contributed by atoms with van der Waals surface area (Å²) >= 11 is 0. The van der Waals surface area contributed by atoms with E-state index < -0.39 is 46.8 Å². The number of halogens is 3. The molecule has 0 spiro atoms. The van der Waals surface area contributed by atoms with Crippen LogP contribution in [-0.4, -0.2) is 44.3 Å². The molecule has 0 fully saturated rings. The Kier molecular flexibility index (Phi) is 5.62. The highest BCUT2D eigenvalue weighted by atomic mass is 19.4. The molecule has 6 nitrogen and oxygen atoms in total. The normalized spacial score (nSPS) is 19.8. The first-order valence-electron chi connectivity index (χ1n) is 7.90. The van der Waals surface area contributed by atoms with Gasteiger partial charge >= 0.3 is 18.1 Å². The highest BCUT2D eigenvalue weighted by molar-refractivity contribution is 6.24. The van der Waals surface area contributed by atoms with E-state index in [4.69, 9.17) is 4.74 Å². The van der Waals surface area contributed by atoms with Gasteiger partial charge in [-0.05, 0) is 19.4 Å². The third kappa shape index (κ3) is 3.41. The molecule has 0 saturated heterocycles. The van der Waals surface area contributed by atoms with Gasteiger partial charge in [0.25, 0.3) is 0 Å². The smallest absolute Gasteiger partial charge is 0.422 e. The molecule has 1 heterocycles. The van der Waals surface area contributed by atoms with Crippen molar-refractivity contribution in [3.8, 4) is 0 Å². The van der Waals surface area contributed by atoms with Gasteiger partial charge < -0.3 is 14.2 Å². The van der Waals surface area contributed by atoms with Crippen molar-refractivity contribution in [3.05, 3.63) is 47.0 Å². The molecule has 146 valence electrons. The zero-order chi connectivity index (χ0) is 20.4. The highest BCUT2D eigenvalue weighted by Gasteiger charge is 2.66. The second-order valence-corrected chi connectivity index (χ2v) is 5.89. The van der Waals surface area contributed by atoms with Crippen LogP contribution in [0.5, 0.6) is 0 Å². The van der Waals surface area contributed by atoms with Crippen LogP contribution in [0.1, 0.15) is 19.4 Å². The second-order valence-electron chi connectivity index (χ2n) is 5.89. The van der Waals surface area contributed by atoms with E-state index in [0.717, 1.165) is 26.4 Å². The molecule has 1 unspecified atom stereocenters. The van der Waals surface area contributed by atoms with Crippen LogP contribution in [0.25, 0.3) is 0 Å². The standard InChI is InChI=1S/C18H18F3NO5/c1-10(2)27-14-12(15(23)25-3)13(16(24)26-4)17(22-14,18(19,20)21)11-8-6-5-7-9-11/h5-10H,1-4H3. The van der Waals surface area contributed by atoms with E-state index in [-0.39, 0.29) is 5.56 Å². The predicted molar refractivity (Wildman–Crippen MR) is 88.9 cm³/mol. The minimum atomic E-state index is -5.07. The van der Waals surface area contributed by atoms with Crippen molar-refractivity contribution in [2.24, 2.45) is 4.99 Å². The van der Waals surface area contributed by atoms with Crippen LogP contribution in [0.4, 0.5) is 13.2 Å². The summed E-state index contributed by atoms with van der Waals surface area (Å²) < 4.78 is 57.5. The summed E-state index contributed by atoms with van der Waals surface area (Å²) in [7, 11) is 1.89. The van der Waals surface area contributed by atoms with Crippen LogP contribution < -0.4 is 0 Å². The molecule has 27 heavy (non-hydrogen) atoms. The van der Waals surface area contributed by atoms with Crippen LogP contribution in [0.2, 0.25) is 0 Å². The van der Waals surface area contributed by atoms with Gasteiger partial charge in [0, 0.05) is 0 Å². The Hall–Kier alpha value is -2.84. The van der Waals surface area contributed by atoms with Crippen molar-refractivity contribution in [2.45, 2.75) is 31.7 Å². The monoisotopic (exact) mass is 385 g/mol. The number of nitrogens with zero attached hydrogens (tertiary/aromatic N) is 1. The Morgan fingerprint density at radius 2 is 1.59 bits per heavy atom. The van der Waals surface area contributed by atoms with Crippen LogP contribution in [0.3, 0.4) is 0 Å². The summed E-state index contributed by atoms with van der Waals surface area (Å²) in [5, 5.41) is 0. The highest BCUT2D eigenvalue weighted by Crippen LogP contribution is 2.52. The number of aliphatic imine (C=N–C) groups is 1. The fourth-order valence-electron chi connectivity index (χ4n) is 2.76. The van der Waals surface area contributed by atoms with Crippen molar-refractivity contribution in [3.63, 3.8) is 0 Å². The van der Waals surface area contributed by atoms with E-state index in [1.807, 2.05) is 0 Å². The average Bonchev–Trinajstić information content (AvgIpc) is 2.96. The maximum atomic E-state index is 14.3. The molecule has 0 radical (unpaired) electrons. The lowest BCUT2D eigenvalue weighted by atomic mass is 9.81. The van der Waals surface area contributed by atoms with Gasteiger partial charge in [0.1, 0.15) is 5.57 Å². The Bertz CT molecular complexity index is 799. The molecule has 1 aliphatic rings. The second kappa shape index (κ2) is 7.42. The number of hydrogen-bond donors (Lipinski definition) is 0. The topological polar surface area (TPSA) is 74.2 Å². The van der Waals surface area contributed by atoms with Crippen LogP contribution in [-0.2, 0) is 29.3 Å². The first kappa shape index (κ1) is 20.5. The lowest BCUT2D eigenvalue weighted by Gasteiger charge is -2.31. The molecule has 0 saturated carbocycles. The van der Waals surface area contributed by atoms with E-state index in [1.165, 1.54) is 18.2 Å². The van der Waals surface area contributed by atoms with Gasteiger partial charge in [-0.25, -0.2) is 14.6 Å². The molecule has 1 aromatic rings. The van der Waals surface area contributed by atoms with Gasteiger partial charge in [0.05, 0.1) is 25.9 Å². The van der Waals surface area contributed by atoms with Crippen molar-refractivity contribution < 1.29 is 37.0 Å². The Balaban J connectivity index is 2.95. The summed E-state index contributed by atoms with van der Waals surface area (Å²) in [6.07, 6.45) is -5.68. The van der Waals surface area contributed by atoms with Crippen molar-refractivity contribution in [2.75, 3.05) is 14.2 Å². The van der Waals surface area contributed by atoms with Gasteiger partial charge in [-0.15, -0.1) is 0 Å². The Labute approximate surface area is 153 Å². The molecular weight excluding hydrogens is 367 g/mol. The zero-order valence-corrected chi connectivity index (χ0v) is 15.1. The summed E-state index contributed by atoms with van der Waals surface area (Å²) in [6, 6.07) is 6.57. The maximum Gasteiger partial charge on any atom is 0.422 e. The number of carbonyl (C=O) groups excluding carboxylic acids is 2. The van der Waals surface area contributed by atoms with Crippen LogP contribution >= 0.6 is 0 Å². The number of benzene rings is 1. The quantitative estimate of drug-likeness (QED) is 0.745. The third-order valence-electron chi connectivity index (χ3n) is 3.82. The van der Waals surface area contributed by atoms with Gasteiger partial charge in [0.15, 0.2) is 0 Å². The predicted octanol–water partition coefficient (Wildman–Crippen LogP) is 2.92. The first-order chi connectivity index (χ1) is 12.6. The molecule has 0 aliphatic carbocycles. The van der Waals surface area contributed by atoms with E-state index >= 15 is 0 Å². The van der Waals surface area contributed by atoms with Crippen molar-refractivity contribution >= 4 is 17.8 Å². The van der Waals surface area contributed by atoms with E-state index in [1.54, 1.807) is 13.8 Å². The molecule has 1 aliphatic heterocycles. The Morgan fingerprint density at radius 3 is 2.04 bits per heavy atom. The van der Waals surface area contributed by atoms with Crippen LogP contribution in [0, 0.1) is 0 Å². The van der Waals surface area contributed by atoms with E-state index in [9.17, 15) is 22.8 Å². The van der Waals surface area contributed by atoms with Gasteiger partial charge in [0.2, 0.25) is 11.4 Å². The summed E-state index contributed by atoms with van der Waals surface area (Å²) in [5.41, 5.74) is -5.22. The molecule has 0 bridgehead atoms. The molecule has 2 rings (SSSR count). The van der Waals surface area contributed by atoms with E-state index in [0.29, 0.717) is 0 Å². The molecule has 0 N–H and O–H groups in total. The average molecular weight is 385 g/mol. The number of methoxy groups -OCH3 is 2. The number of esters is 2. The van der Waals surface area contributed by atoms with Gasteiger partial charge in [-0.2, -0.15) is 13.2 Å². The molecule has 0 amide bonds. The third-order valence-corrected chi connectivity index (χ3v) is 3.82. The van der Waals surface area contributed by atoms with Gasteiger partial charge in [-0.1, -0.05) is 30.3 Å².